The maximum Gasteiger partial charge on any atom is 0.182 e. The molecular formula is C20H37N5O3. The van der Waals surface area contributed by atoms with Gasteiger partial charge in [0, 0.05) is 31.2 Å². The van der Waals surface area contributed by atoms with E-state index >= 15 is 0 Å². The summed E-state index contributed by atoms with van der Waals surface area (Å²) < 4.78 is 0. The van der Waals surface area contributed by atoms with Crippen LogP contribution in [0.4, 0.5) is 5.82 Å². The Balaban J connectivity index is 0. The first kappa shape index (κ1) is 28.1. The van der Waals surface area contributed by atoms with Crippen LogP contribution in [0.2, 0.25) is 0 Å². The van der Waals surface area contributed by atoms with Gasteiger partial charge in [-0.25, -0.2) is 4.98 Å². The normalized spacial score (nSPS) is 20.1. The highest BCUT2D eigenvalue weighted by atomic mass is 16.2. The van der Waals surface area contributed by atoms with Gasteiger partial charge in [-0.2, -0.15) is 0 Å². The number of nitrogens with two attached hydrogens (primary N) is 1. The molecule has 8 nitrogen and oxygen atoms in total. The zero-order valence-electron chi connectivity index (χ0n) is 18.0. The van der Waals surface area contributed by atoms with Gasteiger partial charge >= 0.3 is 0 Å². The highest BCUT2D eigenvalue weighted by molar-refractivity contribution is 6.09. The first-order chi connectivity index (χ1) is 13.2. The van der Waals surface area contributed by atoms with Crippen molar-refractivity contribution in [3.8, 4) is 0 Å². The topological polar surface area (TPSA) is 117 Å². The van der Waals surface area contributed by atoms with Gasteiger partial charge in [-0.1, -0.05) is 6.07 Å². The number of nitrogens with one attached hydrogen (secondary N) is 2. The Morgan fingerprint density at radius 1 is 1.11 bits per heavy atom. The summed E-state index contributed by atoms with van der Waals surface area (Å²) in [7, 11) is 9.78. The molecule has 1 aromatic heterocycles. The average molecular weight is 396 g/mol. The molecule has 1 aliphatic carbocycles. The zero-order valence-corrected chi connectivity index (χ0v) is 18.0. The number of aromatic nitrogens is 1. The number of carbonyl (C=O) groups is 3. The smallest absolute Gasteiger partial charge is 0.182 e. The van der Waals surface area contributed by atoms with Gasteiger partial charge in [0.15, 0.2) is 12.6 Å². The van der Waals surface area contributed by atoms with E-state index in [2.05, 4.69) is 15.6 Å². The molecule has 0 aromatic carbocycles. The number of aldehydes is 3. The van der Waals surface area contributed by atoms with Gasteiger partial charge in [0.1, 0.15) is 12.1 Å². The maximum atomic E-state index is 10.4. The summed E-state index contributed by atoms with van der Waals surface area (Å²) in [6.45, 7) is 2.02. The van der Waals surface area contributed by atoms with Crippen LogP contribution in [0.15, 0.2) is 18.3 Å². The standard InChI is InChI=1S/C8H16N2O.C7H10N2.C3H9N.C2H2O2/c1-10-8-3-2-6(5-11)4-7(8)9;1-6-3-4-7(8-2)9-5-6;1-4(2)3;3-1-2-4/h5-8,10H,2-4,9H2,1H3;3-5H,1-2H3,(H,8,9);1-3H3;1-2H/t6-,7?,8?;;;/m0.../s1. The SMILES string of the molecule is CN(C)C.CNC1CC[C@H](C=O)CC1N.CNc1ccc(C)cn1.O=CC=O. The summed E-state index contributed by atoms with van der Waals surface area (Å²) >= 11 is 0. The van der Waals surface area contributed by atoms with Gasteiger partial charge in [-0.05, 0) is 66.0 Å². The van der Waals surface area contributed by atoms with Gasteiger partial charge in [-0.15, -0.1) is 0 Å². The van der Waals surface area contributed by atoms with Crippen LogP contribution >= 0.6 is 0 Å². The Labute approximate surface area is 169 Å². The number of aryl methyl sites for hydroxylation is 1. The molecule has 0 saturated heterocycles. The van der Waals surface area contributed by atoms with Crippen LogP contribution in [-0.2, 0) is 14.4 Å². The number of pyridine rings is 1. The summed E-state index contributed by atoms with van der Waals surface area (Å²) in [5.41, 5.74) is 7.02. The van der Waals surface area contributed by atoms with Crippen molar-refractivity contribution < 1.29 is 14.4 Å². The van der Waals surface area contributed by atoms with Crippen molar-refractivity contribution >= 4 is 24.7 Å². The van der Waals surface area contributed by atoms with Crippen LogP contribution in [0.5, 0.6) is 0 Å². The summed E-state index contributed by atoms with van der Waals surface area (Å²) in [6, 6.07) is 4.55. The predicted octanol–water partition coefficient (Wildman–Crippen LogP) is 0.894. The Kier molecular flexibility index (Phi) is 18.2. The molecule has 1 aliphatic rings. The monoisotopic (exact) mass is 395 g/mol. The van der Waals surface area contributed by atoms with Crippen LogP contribution < -0.4 is 16.4 Å². The van der Waals surface area contributed by atoms with Crippen molar-refractivity contribution in [1.29, 1.82) is 0 Å². The van der Waals surface area contributed by atoms with Gasteiger partial charge in [-0.3, -0.25) is 9.59 Å². The van der Waals surface area contributed by atoms with Crippen LogP contribution in [-0.4, -0.2) is 76.1 Å². The second-order valence-electron chi connectivity index (χ2n) is 6.85. The van der Waals surface area contributed by atoms with Crippen molar-refractivity contribution in [2.24, 2.45) is 11.7 Å². The first-order valence-corrected chi connectivity index (χ1v) is 9.23. The lowest BCUT2D eigenvalue weighted by molar-refractivity contribution is -0.122. The molecule has 8 heteroatoms. The van der Waals surface area contributed by atoms with E-state index in [-0.39, 0.29) is 24.5 Å². The number of hydrogen-bond donors (Lipinski definition) is 3. The fourth-order valence-electron chi connectivity index (χ4n) is 2.34. The lowest BCUT2D eigenvalue weighted by Gasteiger charge is -2.31. The molecule has 3 atom stereocenters. The third-order valence-electron chi connectivity index (χ3n) is 3.73. The Hall–Kier alpha value is -2.16. The molecule has 1 heterocycles. The fourth-order valence-corrected chi connectivity index (χ4v) is 2.34. The molecule has 160 valence electrons. The number of nitrogens with zero attached hydrogens (tertiary/aromatic N) is 2. The van der Waals surface area contributed by atoms with E-state index in [1.54, 1.807) is 0 Å². The number of rotatable bonds is 4. The summed E-state index contributed by atoms with van der Waals surface area (Å²) in [6.07, 6.45) is 6.12. The van der Waals surface area contributed by atoms with E-state index in [1.165, 1.54) is 5.56 Å². The van der Waals surface area contributed by atoms with Crippen molar-refractivity contribution in [2.75, 3.05) is 40.6 Å². The van der Waals surface area contributed by atoms with Crippen LogP contribution in [0.25, 0.3) is 0 Å². The molecule has 0 radical (unpaired) electrons. The molecule has 1 aromatic rings. The predicted molar refractivity (Wildman–Crippen MR) is 114 cm³/mol. The number of carbonyl (C=O) groups excluding carboxylic acids is 3. The number of anilines is 1. The van der Waals surface area contributed by atoms with Crippen molar-refractivity contribution in [3.63, 3.8) is 0 Å². The Morgan fingerprint density at radius 3 is 2.00 bits per heavy atom. The summed E-state index contributed by atoms with van der Waals surface area (Å²) in [4.78, 5) is 34.1. The average Bonchev–Trinajstić information content (AvgIpc) is 2.68. The Morgan fingerprint density at radius 2 is 1.68 bits per heavy atom. The molecular weight excluding hydrogens is 358 g/mol. The molecule has 2 rings (SSSR count). The molecule has 0 spiro atoms. The minimum absolute atomic E-state index is 0.156. The van der Waals surface area contributed by atoms with Crippen molar-refractivity contribution in [2.45, 2.75) is 38.3 Å². The van der Waals surface area contributed by atoms with E-state index < -0.39 is 0 Å². The third kappa shape index (κ3) is 16.0. The van der Waals surface area contributed by atoms with Crippen LogP contribution in [0, 0.1) is 12.8 Å². The highest BCUT2D eigenvalue weighted by Crippen LogP contribution is 2.21. The molecule has 0 amide bonds. The zero-order chi connectivity index (χ0) is 21.9. The molecule has 28 heavy (non-hydrogen) atoms. The lowest BCUT2D eigenvalue weighted by Crippen LogP contribution is -2.47. The minimum atomic E-state index is 0.156. The molecule has 4 N–H and O–H groups in total. The first-order valence-electron chi connectivity index (χ1n) is 9.23. The summed E-state index contributed by atoms with van der Waals surface area (Å²) in [5.74, 6) is 1.12. The maximum absolute atomic E-state index is 10.4. The molecule has 0 aliphatic heterocycles. The molecule has 1 saturated carbocycles. The van der Waals surface area contributed by atoms with Crippen molar-refractivity contribution in [1.82, 2.24) is 15.2 Å². The second-order valence-corrected chi connectivity index (χ2v) is 6.85. The van der Waals surface area contributed by atoms with E-state index in [1.807, 2.05) is 65.4 Å². The quantitative estimate of drug-likeness (QED) is 0.508. The number of likely N-dealkylation sites (N-methyl/N-ethyl adjacent to an activating group) is 1. The van der Waals surface area contributed by atoms with Gasteiger partial charge < -0.3 is 26.1 Å². The van der Waals surface area contributed by atoms with Gasteiger partial charge in [0.05, 0.1) is 0 Å². The van der Waals surface area contributed by atoms with E-state index in [4.69, 9.17) is 15.3 Å². The van der Waals surface area contributed by atoms with Gasteiger partial charge in [0.2, 0.25) is 0 Å². The fraction of sp³-hybridized carbons (Fsp3) is 0.600. The summed E-state index contributed by atoms with van der Waals surface area (Å²) in [5, 5.41) is 6.10. The van der Waals surface area contributed by atoms with Crippen LogP contribution in [0.1, 0.15) is 24.8 Å². The van der Waals surface area contributed by atoms with E-state index in [0.717, 1.165) is 31.4 Å². The van der Waals surface area contributed by atoms with E-state index in [9.17, 15) is 4.79 Å². The van der Waals surface area contributed by atoms with Crippen LogP contribution in [0.3, 0.4) is 0 Å². The third-order valence-corrected chi connectivity index (χ3v) is 3.73. The number of hydrogen-bond acceptors (Lipinski definition) is 8. The largest absolute Gasteiger partial charge is 0.373 e. The van der Waals surface area contributed by atoms with Crippen molar-refractivity contribution in [3.05, 3.63) is 23.9 Å². The minimum Gasteiger partial charge on any atom is -0.373 e. The van der Waals surface area contributed by atoms with Gasteiger partial charge in [0.25, 0.3) is 0 Å². The molecule has 2 unspecified atom stereocenters. The lowest BCUT2D eigenvalue weighted by atomic mass is 9.84. The van der Waals surface area contributed by atoms with E-state index in [0.29, 0.717) is 6.04 Å². The highest BCUT2D eigenvalue weighted by Gasteiger charge is 2.26. The second kappa shape index (κ2) is 18.2. The molecule has 0 bridgehead atoms. The Bertz CT molecular complexity index is 514. The molecule has 1 fully saturated rings.